The number of nitrogens with one attached hydrogen (secondary N) is 2. The Balaban J connectivity index is 0.00000242. The maximum atomic E-state index is 12.3. The zero-order valence-corrected chi connectivity index (χ0v) is 15.8. The number of piperidine rings is 1. The van der Waals surface area contributed by atoms with E-state index in [4.69, 9.17) is 0 Å². The first-order chi connectivity index (χ1) is 10.1. The molecule has 1 aliphatic heterocycles. The molecule has 1 aromatic rings. The fourth-order valence-corrected chi connectivity index (χ4v) is 2.95. The van der Waals surface area contributed by atoms with Gasteiger partial charge in [-0.05, 0) is 45.5 Å². The standard InChI is InChI=1S/C15H27N5O.2ClH/c1-4-13(14-7-10-17-20(14)3)18-15(21)11-19(2)12-5-8-16-9-6-12;;/h7,10,12-13,16H,4-6,8-9,11H2,1-3H3,(H,18,21);2*1H. The van der Waals surface area contributed by atoms with Crippen LogP contribution in [0.1, 0.15) is 37.9 Å². The van der Waals surface area contributed by atoms with Gasteiger partial charge in [0.25, 0.3) is 0 Å². The van der Waals surface area contributed by atoms with Gasteiger partial charge in [0.1, 0.15) is 0 Å². The SMILES string of the molecule is CCC(NC(=O)CN(C)C1CCNCC1)c1ccnn1C.Cl.Cl. The molecule has 0 saturated carbocycles. The van der Waals surface area contributed by atoms with E-state index in [1.165, 1.54) is 0 Å². The van der Waals surface area contributed by atoms with Crippen LogP contribution in [-0.4, -0.2) is 53.3 Å². The molecule has 1 atom stereocenters. The van der Waals surface area contributed by atoms with Crippen LogP contribution in [0.15, 0.2) is 12.3 Å². The minimum absolute atomic E-state index is 0. The topological polar surface area (TPSA) is 62.2 Å². The Morgan fingerprint density at radius 2 is 2.13 bits per heavy atom. The Morgan fingerprint density at radius 1 is 1.48 bits per heavy atom. The Labute approximate surface area is 151 Å². The van der Waals surface area contributed by atoms with Gasteiger partial charge in [-0.3, -0.25) is 14.4 Å². The second-order valence-corrected chi connectivity index (χ2v) is 5.80. The van der Waals surface area contributed by atoms with Crippen LogP contribution in [0.25, 0.3) is 0 Å². The van der Waals surface area contributed by atoms with E-state index in [1.54, 1.807) is 6.20 Å². The fraction of sp³-hybridized carbons (Fsp3) is 0.733. The van der Waals surface area contributed by atoms with Gasteiger partial charge in [-0.25, -0.2) is 0 Å². The molecule has 1 aromatic heterocycles. The lowest BCUT2D eigenvalue weighted by molar-refractivity contribution is -0.123. The van der Waals surface area contributed by atoms with Gasteiger partial charge in [0, 0.05) is 19.3 Å². The van der Waals surface area contributed by atoms with E-state index in [2.05, 4.69) is 27.6 Å². The second-order valence-electron chi connectivity index (χ2n) is 5.80. The van der Waals surface area contributed by atoms with E-state index < -0.39 is 0 Å². The molecule has 0 radical (unpaired) electrons. The maximum Gasteiger partial charge on any atom is 0.234 e. The first-order valence-corrected chi connectivity index (χ1v) is 7.80. The minimum Gasteiger partial charge on any atom is -0.347 e. The van der Waals surface area contributed by atoms with Gasteiger partial charge < -0.3 is 10.6 Å². The van der Waals surface area contributed by atoms with Crippen molar-refractivity contribution >= 4 is 30.7 Å². The molecule has 23 heavy (non-hydrogen) atoms. The van der Waals surface area contributed by atoms with E-state index in [0.29, 0.717) is 12.6 Å². The molecule has 1 amide bonds. The Hall–Kier alpha value is -0.820. The third-order valence-corrected chi connectivity index (χ3v) is 4.28. The summed E-state index contributed by atoms with van der Waals surface area (Å²) in [6, 6.07) is 2.51. The molecular weight excluding hydrogens is 337 g/mol. The number of carbonyl (C=O) groups excluding carboxylic acids is 1. The quantitative estimate of drug-likeness (QED) is 0.801. The molecule has 1 aliphatic rings. The van der Waals surface area contributed by atoms with Crippen LogP contribution in [0, 0.1) is 0 Å². The van der Waals surface area contributed by atoms with Crippen molar-refractivity contribution in [3.05, 3.63) is 18.0 Å². The van der Waals surface area contributed by atoms with E-state index in [1.807, 2.05) is 24.8 Å². The summed E-state index contributed by atoms with van der Waals surface area (Å²) < 4.78 is 1.82. The number of likely N-dealkylation sites (N-methyl/N-ethyl adjacent to an activating group) is 1. The number of hydrogen-bond acceptors (Lipinski definition) is 4. The van der Waals surface area contributed by atoms with Crippen molar-refractivity contribution in [2.24, 2.45) is 7.05 Å². The van der Waals surface area contributed by atoms with Crippen LogP contribution in [0.4, 0.5) is 0 Å². The third-order valence-electron chi connectivity index (χ3n) is 4.28. The lowest BCUT2D eigenvalue weighted by atomic mass is 10.1. The van der Waals surface area contributed by atoms with Gasteiger partial charge in [0.15, 0.2) is 0 Å². The molecule has 0 bridgehead atoms. The summed E-state index contributed by atoms with van der Waals surface area (Å²) in [5.41, 5.74) is 1.05. The molecule has 6 nitrogen and oxygen atoms in total. The molecule has 1 fully saturated rings. The highest BCUT2D eigenvalue weighted by Gasteiger charge is 2.21. The van der Waals surface area contributed by atoms with Crippen LogP contribution < -0.4 is 10.6 Å². The predicted octanol–water partition coefficient (Wildman–Crippen LogP) is 1.51. The molecule has 8 heteroatoms. The van der Waals surface area contributed by atoms with Crippen molar-refractivity contribution in [3.8, 4) is 0 Å². The van der Waals surface area contributed by atoms with Crippen molar-refractivity contribution < 1.29 is 4.79 Å². The van der Waals surface area contributed by atoms with Crippen LogP contribution >= 0.6 is 24.8 Å². The number of halogens is 2. The molecule has 1 saturated heterocycles. The van der Waals surface area contributed by atoms with Crippen molar-refractivity contribution in [1.29, 1.82) is 0 Å². The van der Waals surface area contributed by atoms with Crippen LogP contribution in [-0.2, 0) is 11.8 Å². The summed E-state index contributed by atoms with van der Waals surface area (Å²) in [5.74, 6) is 0.0871. The number of carbonyl (C=O) groups is 1. The van der Waals surface area contributed by atoms with Crippen molar-refractivity contribution in [2.75, 3.05) is 26.7 Å². The molecule has 134 valence electrons. The third kappa shape index (κ3) is 6.30. The smallest absolute Gasteiger partial charge is 0.234 e. The normalized spacial score (nSPS) is 16.3. The lowest BCUT2D eigenvalue weighted by Crippen LogP contribution is -2.45. The Morgan fingerprint density at radius 3 is 2.65 bits per heavy atom. The number of nitrogens with zero attached hydrogens (tertiary/aromatic N) is 3. The summed E-state index contributed by atoms with van der Waals surface area (Å²) in [5, 5.41) is 10.7. The highest BCUT2D eigenvalue weighted by Crippen LogP contribution is 2.15. The van der Waals surface area contributed by atoms with Crippen LogP contribution in [0.2, 0.25) is 0 Å². The van der Waals surface area contributed by atoms with E-state index in [-0.39, 0.29) is 36.8 Å². The number of hydrogen-bond donors (Lipinski definition) is 2. The highest BCUT2D eigenvalue weighted by molar-refractivity contribution is 5.85. The zero-order chi connectivity index (χ0) is 15.2. The summed E-state index contributed by atoms with van der Waals surface area (Å²) in [7, 11) is 3.95. The van der Waals surface area contributed by atoms with Gasteiger partial charge in [-0.2, -0.15) is 5.10 Å². The second kappa shape index (κ2) is 10.9. The summed E-state index contributed by atoms with van der Waals surface area (Å²) in [6.07, 6.45) is 4.86. The largest absolute Gasteiger partial charge is 0.347 e. The minimum atomic E-state index is 0. The fourth-order valence-electron chi connectivity index (χ4n) is 2.95. The molecule has 2 rings (SSSR count). The van der Waals surface area contributed by atoms with E-state index in [9.17, 15) is 4.79 Å². The molecule has 0 aliphatic carbocycles. The maximum absolute atomic E-state index is 12.3. The van der Waals surface area contributed by atoms with Gasteiger partial charge in [0.05, 0.1) is 18.3 Å². The number of amides is 1. The number of aromatic nitrogens is 2. The lowest BCUT2D eigenvalue weighted by Gasteiger charge is -2.31. The molecule has 2 heterocycles. The van der Waals surface area contributed by atoms with Gasteiger partial charge >= 0.3 is 0 Å². The molecular formula is C15H29Cl2N5O. The van der Waals surface area contributed by atoms with Crippen molar-refractivity contribution in [3.63, 3.8) is 0 Å². The average Bonchev–Trinajstić information content (AvgIpc) is 2.91. The molecule has 2 N–H and O–H groups in total. The monoisotopic (exact) mass is 365 g/mol. The summed E-state index contributed by atoms with van der Waals surface area (Å²) in [6.45, 7) is 4.62. The molecule has 0 aromatic carbocycles. The highest BCUT2D eigenvalue weighted by atomic mass is 35.5. The predicted molar refractivity (Wildman–Crippen MR) is 97.4 cm³/mol. The first kappa shape index (κ1) is 22.2. The van der Waals surface area contributed by atoms with Gasteiger partial charge in [-0.1, -0.05) is 6.92 Å². The van der Waals surface area contributed by atoms with Crippen LogP contribution in [0.5, 0.6) is 0 Å². The van der Waals surface area contributed by atoms with E-state index in [0.717, 1.165) is 38.0 Å². The zero-order valence-electron chi connectivity index (χ0n) is 14.1. The average molecular weight is 366 g/mol. The van der Waals surface area contributed by atoms with E-state index >= 15 is 0 Å². The van der Waals surface area contributed by atoms with Gasteiger partial charge in [-0.15, -0.1) is 24.8 Å². The van der Waals surface area contributed by atoms with Crippen LogP contribution in [0.3, 0.4) is 0 Å². The van der Waals surface area contributed by atoms with Crippen molar-refractivity contribution in [1.82, 2.24) is 25.3 Å². The summed E-state index contributed by atoms with van der Waals surface area (Å²) >= 11 is 0. The summed E-state index contributed by atoms with van der Waals surface area (Å²) in [4.78, 5) is 14.4. The Bertz CT molecular complexity index is 462. The Kier molecular flexibility index (Phi) is 10.5. The molecule has 1 unspecified atom stereocenters. The first-order valence-electron chi connectivity index (χ1n) is 7.80. The van der Waals surface area contributed by atoms with Gasteiger partial charge in [0.2, 0.25) is 5.91 Å². The molecule has 0 spiro atoms. The van der Waals surface area contributed by atoms with Crippen molar-refractivity contribution in [2.45, 2.75) is 38.3 Å². The number of rotatable bonds is 6. The number of aryl methyl sites for hydroxylation is 1.